The first-order valence-corrected chi connectivity index (χ1v) is 7.19. The minimum Gasteiger partial charge on any atom is -0.493 e. The molecule has 0 radical (unpaired) electrons. The summed E-state index contributed by atoms with van der Waals surface area (Å²) in [6, 6.07) is 0.201. The first-order chi connectivity index (χ1) is 15.0. The number of likely N-dealkylation sites (N-methyl/N-ethyl adjacent to an activating group) is 1. The summed E-state index contributed by atoms with van der Waals surface area (Å²) in [4.78, 5) is 0.865. The molecule has 1 saturated heterocycles. The summed E-state index contributed by atoms with van der Waals surface area (Å²) < 4.78 is 101. The topological polar surface area (TPSA) is 41.9 Å². The number of methoxy groups -OCH3 is 1. The Bertz CT molecular complexity index is 1060. The Hall–Kier alpha value is -1.52. The highest BCUT2D eigenvalue weighted by Crippen LogP contribution is 2.62. The lowest BCUT2D eigenvalue weighted by atomic mass is 9.53. The van der Waals surface area contributed by atoms with E-state index in [1.807, 2.05) is 0 Å². The van der Waals surface area contributed by atoms with Gasteiger partial charge in [-0.1, -0.05) is 18.2 Å². The van der Waals surface area contributed by atoms with Crippen LogP contribution in [0, 0.1) is 5.92 Å². The molecule has 0 saturated carbocycles. The number of benzene rings is 1. The molecule has 1 aromatic rings. The van der Waals surface area contributed by atoms with Gasteiger partial charge in [0.15, 0.2) is 11.5 Å². The van der Waals surface area contributed by atoms with Gasteiger partial charge in [0.05, 0.1) is 12.5 Å². The zero-order valence-electron chi connectivity index (χ0n) is 22.6. The lowest BCUT2D eigenvalue weighted by Gasteiger charge is -2.56. The van der Waals surface area contributed by atoms with Gasteiger partial charge in [-0.3, -0.25) is 0 Å². The summed E-state index contributed by atoms with van der Waals surface area (Å²) >= 11 is 0. The molecule has 2 bridgehead atoms. The van der Waals surface area contributed by atoms with Crippen LogP contribution in [0.15, 0.2) is 24.3 Å². The Labute approximate surface area is 145 Å². The standard InChI is InChI=1S/C18H21NO3/c1-19-8-7-18-11-4-5-13(20)17(18)22-16-14(21-2)6-3-10(15(16)18)9-12(11)19/h3-6,11-13,17,20H,7-9H2,1-2H3/t11-,12+,13?,17?,18-/m0/s1/i1D3,2D3,9D2,12D,13D,20D. The number of hydrogen-bond donors (Lipinski definition) is 1. The van der Waals surface area contributed by atoms with Gasteiger partial charge in [0.25, 0.3) is 0 Å². The van der Waals surface area contributed by atoms with Crippen LogP contribution in [0.4, 0.5) is 0 Å². The molecule has 1 aromatic carbocycles. The number of aliphatic hydroxyl groups is 1. The maximum atomic E-state index is 9.33. The molecular weight excluding hydrogens is 278 g/mol. The second-order valence-electron chi connectivity index (χ2n) is 6.11. The maximum absolute atomic E-state index is 9.33. The fourth-order valence-electron chi connectivity index (χ4n) is 4.38. The molecule has 5 atom stereocenters. The van der Waals surface area contributed by atoms with E-state index in [1.165, 1.54) is 24.3 Å². The third-order valence-electron chi connectivity index (χ3n) is 5.26. The summed E-state index contributed by atoms with van der Waals surface area (Å²) in [6.07, 6.45) is -3.23. The van der Waals surface area contributed by atoms with Crippen LogP contribution in [-0.2, 0) is 11.8 Å². The fourth-order valence-corrected chi connectivity index (χ4v) is 4.38. The molecule has 2 aliphatic heterocycles. The highest BCUT2D eigenvalue weighted by Gasteiger charge is 2.64. The van der Waals surface area contributed by atoms with E-state index >= 15 is 0 Å². The van der Waals surface area contributed by atoms with Crippen molar-refractivity contribution in [2.75, 3.05) is 20.6 Å². The minimum absolute atomic E-state index is 0.0271. The van der Waals surface area contributed by atoms with Crippen molar-refractivity contribution in [3.63, 3.8) is 0 Å². The van der Waals surface area contributed by atoms with Gasteiger partial charge in [-0.15, -0.1) is 0 Å². The number of ether oxygens (including phenoxy) is 2. The molecule has 1 fully saturated rings. The number of rotatable bonds is 2. The van der Waals surface area contributed by atoms with Crippen LogP contribution in [0.5, 0.6) is 11.5 Å². The van der Waals surface area contributed by atoms with Crippen LogP contribution in [0.2, 0.25) is 0 Å². The summed E-state index contributed by atoms with van der Waals surface area (Å²) in [5.41, 5.74) is -1.08. The zero-order valence-corrected chi connectivity index (χ0v) is 11.6. The average molecular weight is 310 g/mol. The molecule has 1 N–H and O–H groups in total. The van der Waals surface area contributed by atoms with Gasteiger partial charge in [0.2, 0.25) is 1.43 Å². The van der Waals surface area contributed by atoms with E-state index in [0.717, 1.165) is 4.90 Å². The van der Waals surface area contributed by atoms with Crippen molar-refractivity contribution in [1.29, 1.82) is 1.43 Å². The third-order valence-corrected chi connectivity index (χ3v) is 5.26. The molecule has 4 aliphatic rings. The number of likely N-dealkylation sites (tertiary alicyclic amines) is 1. The van der Waals surface area contributed by atoms with Crippen molar-refractivity contribution in [1.82, 2.24) is 4.90 Å². The SMILES string of the molecule is [2H]OC1([2H])C=C[C@@H]2[C@@]34CCN(C([2H])([2H])[2H])[C@]2([2H])C([2H])([2H])c2ccc(OC([2H])([2H])[2H])c(c23)OC14. The van der Waals surface area contributed by atoms with Gasteiger partial charge >= 0.3 is 0 Å². The molecule has 116 valence electrons. The van der Waals surface area contributed by atoms with Gasteiger partial charge in [-0.25, -0.2) is 0 Å². The van der Waals surface area contributed by atoms with Gasteiger partial charge in [-0.05, 0) is 37.9 Å². The van der Waals surface area contributed by atoms with E-state index in [-0.39, 0.29) is 35.6 Å². The molecule has 0 amide bonds. The predicted molar refractivity (Wildman–Crippen MR) is 82.5 cm³/mol. The van der Waals surface area contributed by atoms with E-state index in [2.05, 4.69) is 0 Å². The monoisotopic (exact) mass is 310 g/mol. The largest absolute Gasteiger partial charge is 0.493 e. The van der Waals surface area contributed by atoms with Gasteiger partial charge < -0.3 is 19.5 Å². The molecule has 4 nitrogen and oxygen atoms in total. The fraction of sp³-hybridized carbons (Fsp3) is 0.556. The maximum Gasteiger partial charge on any atom is 0.211 e. The zero-order chi connectivity index (χ0) is 24.4. The van der Waals surface area contributed by atoms with Crippen molar-refractivity contribution in [3.8, 4) is 11.5 Å². The van der Waals surface area contributed by atoms with Crippen molar-refractivity contribution in [3.05, 3.63) is 35.4 Å². The third kappa shape index (κ3) is 1.28. The predicted octanol–water partition coefficient (Wildman–Crippen LogP) is 1.50. The average Bonchev–Trinajstić information content (AvgIpc) is 3.02. The molecule has 22 heavy (non-hydrogen) atoms. The van der Waals surface area contributed by atoms with Crippen LogP contribution in [0.1, 0.15) is 31.3 Å². The lowest BCUT2D eigenvalue weighted by molar-refractivity contribution is -0.0453. The van der Waals surface area contributed by atoms with E-state index in [1.54, 1.807) is 0 Å². The van der Waals surface area contributed by atoms with Crippen molar-refractivity contribution < 1.29 is 28.3 Å². The molecule has 5 rings (SSSR count). The van der Waals surface area contributed by atoms with E-state index in [0.29, 0.717) is 0 Å². The van der Waals surface area contributed by atoms with Crippen molar-refractivity contribution in [2.45, 2.75) is 36.4 Å². The second kappa shape index (κ2) is 4.06. The van der Waals surface area contributed by atoms with Crippen molar-refractivity contribution in [2.24, 2.45) is 5.92 Å². The van der Waals surface area contributed by atoms with Gasteiger partial charge in [0.1, 0.15) is 12.2 Å². The highest BCUT2D eigenvalue weighted by molar-refractivity contribution is 5.62. The van der Waals surface area contributed by atoms with Crippen LogP contribution in [-0.4, -0.2) is 50.2 Å². The molecule has 0 aromatic heterocycles. The molecule has 2 aliphatic carbocycles. The Kier molecular flexibility index (Phi) is 1.14. The molecule has 2 unspecified atom stereocenters. The highest BCUT2D eigenvalue weighted by atomic mass is 16.5. The lowest BCUT2D eigenvalue weighted by Crippen LogP contribution is -2.64. The van der Waals surface area contributed by atoms with Crippen molar-refractivity contribution >= 4 is 0 Å². The summed E-state index contributed by atoms with van der Waals surface area (Å²) in [7, 11) is -2.83. The molecule has 2 heterocycles. The van der Waals surface area contributed by atoms with E-state index in [9.17, 15) is 1.37 Å². The Balaban J connectivity index is 1.86. The first-order valence-electron chi connectivity index (χ1n) is 12.6. The summed E-state index contributed by atoms with van der Waals surface area (Å²) in [6.45, 7) is -2.98. The van der Waals surface area contributed by atoms with Crippen LogP contribution < -0.4 is 9.47 Å². The quantitative estimate of drug-likeness (QED) is 0.841. The number of nitrogens with zero attached hydrogens (tertiary/aromatic N) is 1. The summed E-state index contributed by atoms with van der Waals surface area (Å²) in [5, 5.41) is 4.72. The second-order valence-corrected chi connectivity index (χ2v) is 6.11. The van der Waals surface area contributed by atoms with E-state index < -0.39 is 49.9 Å². The van der Waals surface area contributed by atoms with Crippen LogP contribution >= 0.6 is 0 Å². The summed E-state index contributed by atoms with van der Waals surface area (Å²) in [5.74, 6) is -1.36. The smallest absolute Gasteiger partial charge is 0.211 e. The van der Waals surface area contributed by atoms with Crippen LogP contribution in [0.25, 0.3) is 0 Å². The molecular formula is C18H21NO3. The molecule has 1 spiro atoms. The number of piperidine rings is 1. The van der Waals surface area contributed by atoms with Crippen LogP contribution in [0.3, 0.4) is 0 Å². The van der Waals surface area contributed by atoms with Gasteiger partial charge in [0, 0.05) is 31.1 Å². The number of hydrogen-bond acceptors (Lipinski definition) is 4. The Morgan fingerprint density at radius 3 is 3.45 bits per heavy atom. The normalized spacial score (nSPS) is 58.5. The minimum atomic E-state index is -2.83. The first kappa shape index (κ1) is 6.17. The van der Waals surface area contributed by atoms with E-state index in [4.69, 9.17) is 28.4 Å². The Morgan fingerprint density at radius 2 is 2.59 bits per heavy atom. The Morgan fingerprint density at radius 1 is 1.59 bits per heavy atom. The van der Waals surface area contributed by atoms with Gasteiger partial charge in [-0.2, -0.15) is 0 Å². The molecule has 4 heteroatoms.